The molecule has 2 rings (SSSR count). The van der Waals surface area contributed by atoms with Crippen molar-refractivity contribution in [1.29, 1.82) is 0 Å². The minimum atomic E-state index is 0.202. The number of hydrogen-bond donors (Lipinski definition) is 1. The first-order valence-electron chi connectivity index (χ1n) is 8.19. The summed E-state index contributed by atoms with van der Waals surface area (Å²) in [5.74, 6) is 1.77. The fourth-order valence-electron chi connectivity index (χ4n) is 2.50. The second-order valence-electron chi connectivity index (χ2n) is 5.58. The van der Waals surface area contributed by atoms with Crippen molar-refractivity contribution >= 4 is 0 Å². The first kappa shape index (κ1) is 17.3. The molecular weight excluding hydrogens is 288 g/mol. The van der Waals surface area contributed by atoms with E-state index in [0.717, 1.165) is 36.5 Å². The molecule has 23 heavy (non-hydrogen) atoms. The monoisotopic (exact) mass is 314 g/mol. The Morgan fingerprint density at radius 2 is 2.04 bits per heavy atom. The fourth-order valence-corrected chi connectivity index (χ4v) is 2.50. The van der Waals surface area contributed by atoms with Crippen LogP contribution in [0.1, 0.15) is 36.9 Å². The van der Waals surface area contributed by atoms with Crippen LogP contribution in [0.15, 0.2) is 42.6 Å². The lowest BCUT2D eigenvalue weighted by molar-refractivity contribution is 0.288. The van der Waals surface area contributed by atoms with Gasteiger partial charge in [0, 0.05) is 24.4 Å². The maximum atomic E-state index is 5.94. The number of benzene rings is 1. The summed E-state index contributed by atoms with van der Waals surface area (Å²) < 4.78 is 11.2. The number of ether oxygens (including phenoxy) is 2. The molecule has 4 nitrogen and oxygen atoms in total. The van der Waals surface area contributed by atoms with Crippen LogP contribution in [0.25, 0.3) is 0 Å². The number of nitrogens with two attached hydrogens (primary N) is 1. The maximum Gasteiger partial charge on any atom is 0.161 e. The zero-order valence-corrected chi connectivity index (χ0v) is 14.0. The van der Waals surface area contributed by atoms with Gasteiger partial charge in [-0.1, -0.05) is 25.5 Å². The molecule has 0 radical (unpaired) electrons. The third kappa shape index (κ3) is 4.96. The molecule has 4 heteroatoms. The average Bonchev–Trinajstić information content (AvgIpc) is 2.61. The summed E-state index contributed by atoms with van der Waals surface area (Å²) in [6.07, 6.45) is 4.80. The summed E-state index contributed by atoms with van der Waals surface area (Å²) in [6, 6.07) is 12.0. The molecule has 0 aliphatic heterocycles. The molecule has 1 unspecified atom stereocenters. The van der Waals surface area contributed by atoms with Gasteiger partial charge in [0.2, 0.25) is 0 Å². The third-order valence-corrected chi connectivity index (χ3v) is 3.86. The van der Waals surface area contributed by atoms with Crippen molar-refractivity contribution in [3.63, 3.8) is 0 Å². The van der Waals surface area contributed by atoms with Crippen molar-refractivity contribution in [3.05, 3.63) is 53.9 Å². The molecule has 0 amide bonds. The number of nitrogens with zero attached hydrogens (tertiary/aromatic N) is 1. The molecule has 0 spiro atoms. The van der Waals surface area contributed by atoms with Crippen molar-refractivity contribution in [2.45, 2.75) is 32.1 Å². The normalized spacial score (nSPS) is 12.0. The quantitative estimate of drug-likeness (QED) is 0.719. The van der Waals surface area contributed by atoms with E-state index < -0.39 is 0 Å². The Morgan fingerprint density at radius 3 is 2.70 bits per heavy atom. The zero-order valence-electron chi connectivity index (χ0n) is 14.0. The molecule has 2 N–H and O–H groups in total. The van der Waals surface area contributed by atoms with Crippen LogP contribution < -0.4 is 15.2 Å². The van der Waals surface area contributed by atoms with Crippen molar-refractivity contribution in [2.75, 3.05) is 20.3 Å². The lowest BCUT2D eigenvalue weighted by atomic mass is 9.95. The summed E-state index contributed by atoms with van der Waals surface area (Å²) in [5.41, 5.74) is 8.14. The summed E-state index contributed by atoms with van der Waals surface area (Å²) in [7, 11) is 1.67. The molecule has 0 aliphatic carbocycles. The van der Waals surface area contributed by atoms with Crippen LogP contribution in [0.5, 0.6) is 11.5 Å². The Balaban J connectivity index is 2.10. The number of aromatic nitrogens is 1. The van der Waals surface area contributed by atoms with E-state index in [4.69, 9.17) is 15.2 Å². The van der Waals surface area contributed by atoms with Gasteiger partial charge in [0.05, 0.1) is 13.7 Å². The second-order valence-corrected chi connectivity index (χ2v) is 5.58. The summed E-state index contributed by atoms with van der Waals surface area (Å²) in [6.45, 7) is 3.42. The van der Waals surface area contributed by atoms with Gasteiger partial charge in [0.1, 0.15) is 0 Å². The van der Waals surface area contributed by atoms with E-state index >= 15 is 0 Å². The molecule has 0 aliphatic rings. The largest absolute Gasteiger partial charge is 0.493 e. The molecule has 1 heterocycles. The van der Waals surface area contributed by atoms with Gasteiger partial charge in [-0.2, -0.15) is 0 Å². The zero-order chi connectivity index (χ0) is 16.5. The van der Waals surface area contributed by atoms with Gasteiger partial charge >= 0.3 is 0 Å². The minimum absolute atomic E-state index is 0.202. The number of pyridine rings is 1. The van der Waals surface area contributed by atoms with Gasteiger partial charge in [-0.05, 0) is 42.7 Å². The molecule has 0 fully saturated rings. The first-order chi connectivity index (χ1) is 11.3. The van der Waals surface area contributed by atoms with Gasteiger partial charge in [-0.25, -0.2) is 0 Å². The Bertz CT molecular complexity index is 587. The van der Waals surface area contributed by atoms with Crippen LogP contribution in [0.4, 0.5) is 0 Å². The average molecular weight is 314 g/mol. The Labute approximate surface area is 138 Å². The van der Waals surface area contributed by atoms with E-state index in [1.54, 1.807) is 7.11 Å². The maximum absolute atomic E-state index is 5.94. The molecular formula is C19H26N2O2. The summed E-state index contributed by atoms with van der Waals surface area (Å²) >= 11 is 0. The SMILES string of the molecule is CCCCOc1ccc(CC(CN)c2ccccn2)cc1OC. The molecule has 1 aromatic carbocycles. The molecule has 1 atom stereocenters. The highest BCUT2D eigenvalue weighted by atomic mass is 16.5. The molecule has 1 aromatic heterocycles. The van der Waals surface area contributed by atoms with E-state index in [0.29, 0.717) is 13.2 Å². The Hall–Kier alpha value is -2.07. The summed E-state index contributed by atoms with van der Waals surface area (Å²) in [5, 5.41) is 0. The predicted octanol–water partition coefficient (Wildman–Crippen LogP) is 3.55. The van der Waals surface area contributed by atoms with Crippen molar-refractivity contribution in [3.8, 4) is 11.5 Å². The lowest BCUT2D eigenvalue weighted by Crippen LogP contribution is -2.16. The lowest BCUT2D eigenvalue weighted by Gasteiger charge is -2.16. The van der Waals surface area contributed by atoms with Crippen LogP contribution in [0.3, 0.4) is 0 Å². The molecule has 0 bridgehead atoms. The van der Waals surface area contributed by atoms with E-state index in [1.807, 2.05) is 36.5 Å². The Morgan fingerprint density at radius 1 is 1.17 bits per heavy atom. The van der Waals surface area contributed by atoms with Gasteiger partial charge in [-0.3, -0.25) is 4.98 Å². The molecule has 0 saturated heterocycles. The van der Waals surface area contributed by atoms with Gasteiger partial charge < -0.3 is 15.2 Å². The molecule has 0 saturated carbocycles. The topological polar surface area (TPSA) is 57.4 Å². The molecule has 124 valence electrons. The Kier molecular flexibility index (Phi) is 6.88. The number of rotatable bonds is 9. The van der Waals surface area contributed by atoms with E-state index in [2.05, 4.69) is 18.0 Å². The number of unbranched alkanes of at least 4 members (excludes halogenated alkanes) is 1. The first-order valence-corrected chi connectivity index (χ1v) is 8.19. The molecule has 2 aromatic rings. The highest BCUT2D eigenvalue weighted by molar-refractivity contribution is 5.43. The van der Waals surface area contributed by atoms with Gasteiger partial charge in [0.25, 0.3) is 0 Å². The van der Waals surface area contributed by atoms with Crippen molar-refractivity contribution < 1.29 is 9.47 Å². The fraction of sp³-hybridized carbons (Fsp3) is 0.421. The van der Waals surface area contributed by atoms with Crippen LogP contribution in [-0.2, 0) is 6.42 Å². The van der Waals surface area contributed by atoms with Crippen molar-refractivity contribution in [1.82, 2.24) is 4.98 Å². The van der Waals surface area contributed by atoms with Crippen LogP contribution in [0.2, 0.25) is 0 Å². The predicted molar refractivity (Wildman–Crippen MR) is 93.1 cm³/mol. The van der Waals surface area contributed by atoms with E-state index in [9.17, 15) is 0 Å². The van der Waals surface area contributed by atoms with E-state index in [-0.39, 0.29) is 5.92 Å². The van der Waals surface area contributed by atoms with Crippen LogP contribution in [0, 0.1) is 0 Å². The minimum Gasteiger partial charge on any atom is -0.493 e. The van der Waals surface area contributed by atoms with Crippen molar-refractivity contribution in [2.24, 2.45) is 5.73 Å². The number of methoxy groups -OCH3 is 1. The highest BCUT2D eigenvalue weighted by Crippen LogP contribution is 2.30. The van der Waals surface area contributed by atoms with E-state index in [1.165, 1.54) is 5.56 Å². The summed E-state index contributed by atoms with van der Waals surface area (Å²) in [4.78, 5) is 4.42. The van der Waals surface area contributed by atoms with Gasteiger partial charge in [-0.15, -0.1) is 0 Å². The van der Waals surface area contributed by atoms with Crippen LogP contribution >= 0.6 is 0 Å². The third-order valence-electron chi connectivity index (χ3n) is 3.86. The smallest absolute Gasteiger partial charge is 0.161 e. The standard InChI is InChI=1S/C19H26N2O2/c1-3-4-11-23-18-9-8-15(13-19(18)22-2)12-16(14-20)17-7-5-6-10-21-17/h5-10,13,16H,3-4,11-12,14,20H2,1-2H3. The van der Waals surface area contributed by atoms with Gasteiger partial charge in [0.15, 0.2) is 11.5 Å². The second kappa shape index (κ2) is 9.16. The number of hydrogen-bond acceptors (Lipinski definition) is 4. The highest BCUT2D eigenvalue weighted by Gasteiger charge is 2.13. The van der Waals surface area contributed by atoms with Crippen LogP contribution in [-0.4, -0.2) is 25.2 Å².